The molecule has 2 unspecified atom stereocenters. The minimum atomic E-state index is -2.61. The fourth-order valence-electron chi connectivity index (χ4n) is 6.82. The van der Waals surface area contributed by atoms with E-state index in [1.165, 1.54) is 4.90 Å². The first-order chi connectivity index (χ1) is 18.3. The van der Waals surface area contributed by atoms with Crippen LogP contribution in [0.5, 0.6) is 0 Å². The molecule has 208 valence electrons. The Labute approximate surface area is 225 Å². The van der Waals surface area contributed by atoms with Gasteiger partial charge in [-0.05, 0) is 41.9 Å². The van der Waals surface area contributed by atoms with Crippen LogP contribution in [0, 0.1) is 5.41 Å². The van der Waals surface area contributed by atoms with Gasteiger partial charge in [-0.15, -0.1) is 0 Å². The van der Waals surface area contributed by atoms with E-state index >= 15 is 0 Å². The van der Waals surface area contributed by atoms with Crippen LogP contribution < -0.4 is 22.1 Å². The van der Waals surface area contributed by atoms with Gasteiger partial charge in [-0.1, -0.05) is 26.0 Å². The fourth-order valence-corrected chi connectivity index (χ4v) is 6.82. The highest BCUT2D eigenvalue weighted by molar-refractivity contribution is 6.02. The fraction of sp³-hybridized carbons (Fsp3) is 0.577. The number of guanidine groups is 2. The number of hydrogen-bond donors (Lipinski definition) is 6. The third-order valence-corrected chi connectivity index (χ3v) is 8.88. The predicted octanol–water partition coefficient (Wildman–Crippen LogP) is -1.87. The van der Waals surface area contributed by atoms with Gasteiger partial charge in [0.25, 0.3) is 5.91 Å². The monoisotopic (exact) mass is 538 g/mol. The lowest BCUT2D eigenvalue weighted by Gasteiger charge is -2.49. The van der Waals surface area contributed by atoms with Gasteiger partial charge < -0.3 is 37.2 Å². The van der Waals surface area contributed by atoms with Crippen molar-refractivity contribution in [2.24, 2.45) is 26.9 Å². The Kier molecular flexibility index (Phi) is 5.50. The minimum Gasteiger partial charge on any atom is -0.370 e. The number of benzene rings is 1. The van der Waals surface area contributed by atoms with Crippen LogP contribution in [0.25, 0.3) is 0 Å². The van der Waals surface area contributed by atoms with E-state index in [0.717, 1.165) is 35.3 Å². The maximum absolute atomic E-state index is 13.6. The minimum absolute atomic E-state index is 0.0436. The number of nitrogens with zero attached hydrogens (tertiary/aromatic N) is 4. The van der Waals surface area contributed by atoms with Gasteiger partial charge in [0.15, 0.2) is 17.6 Å². The highest BCUT2D eigenvalue weighted by Crippen LogP contribution is 2.45. The van der Waals surface area contributed by atoms with Crippen molar-refractivity contribution in [3.05, 3.63) is 34.9 Å². The Balaban J connectivity index is 1.31. The number of likely N-dealkylation sites (tertiary alicyclic amines) is 1. The van der Waals surface area contributed by atoms with Crippen LogP contribution in [0.2, 0.25) is 0 Å². The third kappa shape index (κ3) is 3.70. The summed E-state index contributed by atoms with van der Waals surface area (Å²) in [6.07, 6.45) is 2.83. The van der Waals surface area contributed by atoms with Gasteiger partial charge in [0.05, 0.1) is 12.6 Å². The number of fused-ring (bicyclic) bond motifs is 1. The first-order valence-electron chi connectivity index (χ1n) is 13.3. The molecule has 0 radical (unpaired) electrons. The molecule has 6 rings (SSSR count). The van der Waals surface area contributed by atoms with Gasteiger partial charge in [-0.25, -0.2) is 9.98 Å². The van der Waals surface area contributed by atoms with Gasteiger partial charge in [0, 0.05) is 24.9 Å². The summed E-state index contributed by atoms with van der Waals surface area (Å²) in [5.41, 5.74) is 13.2. The SMILES string of the molecule is CC1(C)CCc2cccc(C(=O)N[C@H]3CN4C(N)=N[C@@H](CN5C(=O)CCC5=O)C5N=C(N)NC54C3(O)O)c2C1. The number of nitrogens with one attached hydrogen (secondary N) is 2. The number of imide groups is 1. The molecule has 3 amide bonds. The number of aryl methyl sites for hydroxylation is 1. The Hall–Kier alpha value is -3.71. The van der Waals surface area contributed by atoms with Crippen molar-refractivity contribution in [2.45, 2.75) is 75.5 Å². The maximum atomic E-state index is 13.6. The average molecular weight is 539 g/mol. The molecule has 2 fully saturated rings. The molecule has 13 heteroatoms. The topological polar surface area (TPSA) is 199 Å². The molecule has 0 aromatic heterocycles. The number of hydrogen-bond acceptors (Lipinski definition) is 11. The second kappa shape index (κ2) is 8.39. The van der Waals surface area contributed by atoms with E-state index in [-0.39, 0.29) is 55.1 Å². The number of carbonyl (C=O) groups is 3. The van der Waals surface area contributed by atoms with Crippen LogP contribution in [0.15, 0.2) is 28.2 Å². The Morgan fingerprint density at radius 3 is 2.59 bits per heavy atom. The van der Waals surface area contributed by atoms with Gasteiger partial charge in [0.2, 0.25) is 17.6 Å². The van der Waals surface area contributed by atoms with E-state index in [9.17, 15) is 24.6 Å². The van der Waals surface area contributed by atoms with Crippen LogP contribution in [-0.4, -0.2) is 92.3 Å². The first kappa shape index (κ1) is 25.6. The van der Waals surface area contributed by atoms with Gasteiger partial charge in [0.1, 0.15) is 12.1 Å². The number of carbonyl (C=O) groups excluding carboxylic acids is 3. The van der Waals surface area contributed by atoms with Crippen molar-refractivity contribution in [1.82, 2.24) is 20.4 Å². The van der Waals surface area contributed by atoms with Crippen molar-refractivity contribution in [1.29, 1.82) is 0 Å². The van der Waals surface area contributed by atoms with Crippen molar-refractivity contribution in [3.63, 3.8) is 0 Å². The summed E-state index contributed by atoms with van der Waals surface area (Å²) in [5.74, 6) is -3.82. The maximum Gasteiger partial charge on any atom is 0.252 e. The Morgan fingerprint density at radius 1 is 1.15 bits per heavy atom. The number of aliphatic imine (C=N–C) groups is 2. The summed E-state index contributed by atoms with van der Waals surface area (Å²) < 4.78 is 0. The summed E-state index contributed by atoms with van der Waals surface area (Å²) in [6, 6.07) is 2.54. The lowest BCUT2D eigenvalue weighted by Crippen LogP contribution is -2.78. The molecule has 2 saturated heterocycles. The van der Waals surface area contributed by atoms with Crippen LogP contribution in [0.4, 0.5) is 0 Å². The summed E-state index contributed by atoms with van der Waals surface area (Å²) in [7, 11) is 0. The Morgan fingerprint density at radius 2 is 1.87 bits per heavy atom. The van der Waals surface area contributed by atoms with Crippen molar-refractivity contribution < 1.29 is 24.6 Å². The molecule has 4 heterocycles. The zero-order valence-corrected chi connectivity index (χ0v) is 22.0. The number of amides is 3. The van der Waals surface area contributed by atoms with E-state index in [2.05, 4.69) is 34.5 Å². The van der Waals surface area contributed by atoms with Crippen LogP contribution in [-0.2, 0) is 22.4 Å². The van der Waals surface area contributed by atoms with Crippen molar-refractivity contribution in [3.8, 4) is 0 Å². The van der Waals surface area contributed by atoms with Crippen LogP contribution >= 0.6 is 0 Å². The lowest BCUT2D eigenvalue weighted by atomic mass is 9.73. The second-order valence-corrected chi connectivity index (χ2v) is 12.0. The van der Waals surface area contributed by atoms with Gasteiger partial charge in [-0.2, -0.15) is 0 Å². The molecule has 1 aromatic carbocycles. The highest BCUT2D eigenvalue weighted by atomic mass is 16.5. The molecular weight excluding hydrogens is 504 g/mol. The van der Waals surface area contributed by atoms with E-state index in [1.54, 1.807) is 6.07 Å². The lowest BCUT2D eigenvalue weighted by molar-refractivity contribution is -0.230. The number of rotatable bonds is 4. The molecule has 13 nitrogen and oxygen atoms in total. The van der Waals surface area contributed by atoms with Gasteiger partial charge in [-0.3, -0.25) is 19.3 Å². The van der Waals surface area contributed by atoms with Crippen molar-refractivity contribution in [2.75, 3.05) is 13.1 Å². The van der Waals surface area contributed by atoms with Crippen LogP contribution in [0.1, 0.15) is 54.6 Å². The largest absolute Gasteiger partial charge is 0.370 e. The Bertz CT molecular complexity index is 1320. The average Bonchev–Trinajstić information content (AvgIpc) is 3.46. The molecular formula is C26H34N8O5. The van der Waals surface area contributed by atoms with Crippen molar-refractivity contribution >= 4 is 29.6 Å². The summed E-state index contributed by atoms with van der Waals surface area (Å²) in [5, 5.41) is 29.1. The molecule has 4 atom stereocenters. The molecule has 1 aromatic rings. The summed E-state index contributed by atoms with van der Waals surface area (Å²) >= 11 is 0. The smallest absolute Gasteiger partial charge is 0.252 e. The molecule has 1 spiro atoms. The molecule has 0 saturated carbocycles. The zero-order chi connectivity index (χ0) is 27.9. The highest BCUT2D eigenvalue weighted by Gasteiger charge is 2.73. The zero-order valence-electron chi connectivity index (χ0n) is 22.0. The quantitative estimate of drug-likeness (QED) is 0.188. The molecule has 39 heavy (non-hydrogen) atoms. The van der Waals surface area contributed by atoms with E-state index in [1.807, 2.05) is 12.1 Å². The third-order valence-electron chi connectivity index (χ3n) is 8.88. The predicted molar refractivity (Wildman–Crippen MR) is 140 cm³/mol. The summed E-state index contributed by atoms with van der Waals surface area (Å²) in [4.78, 5) is 49.6. The summed E-state index contributed by atoms with van der Waals surface area (Å²) in [6.45, 7) is 4.12. The van der Waals surface area contributed by atoms with E-state index in [0.29, 0.717) is 5.56 Å². The number of nitrogens with two attached hydrogens (primary N) is 2. The molecule has 0 bridgehead atoms. The molecule has 5 aliphatic rings. The standard InChI is InChI=1S/C26H34N8O5/c1-24(2)9-8-13-4-3-5-14(15(13)10-24)21(37)30-17-12-34-23(28)29-16(11-33-18(35)6-7-19(33)36)20-25(34,26(17,38)39)32-22(27)31-20/h3-5,16-17,20,38-39H,6-12H2,1-2H3,(H2,28,29)(H,30,37)(H3,27,31,32)/t16-,17-,20?,25?/m0/s1. The second-order valence-electron chi connectivity index (χ2n) is 12.0. The molecule has 1 aliphatic carbocycles. The molecule has 4 aliphatic heterocycles. The number of aliphatic hydroxyl groups is 2. The first-order valence-corrected chi connectivity index (χ1v) is 13.3. The van der Waals surface area contributed by atoms with Gasteiger partial charge >= 0.3 is 0 Å². The van der Waals surface area contributed by atoms with E-state index in [4.69, 9.17) is 11.5 Å². The molecule has 8 N–H and O–H groups in total. The normalized spacial score (nSPS) is 32.2. The van der Waals surface area contributed by atoms with Crippen LogP contribution in [0.3, 0.4) is 0 Å². The van der Waals surface area contributed by atoms with E-state index < -0.39 is 35.5 Å².